The molecule has 0 radical (unpaired) electrons. The molecule has 8 nitrogen and oxygen atoms in total. The topological polar surface area (TPSA) is 116 Å². The molecule has 0 aromatic heterocycles. The minimum absolute atomic E-state index is 0.177. The van der Waals surface area contributed by atoms with Crippen molar-refractivity contribution in [2.24, 2.45) is 11.3 Å². The monoisotopic (exact) mass is 463 g/mol. The van der Waals surface area contributed by atoms with Gasteiger partial charge in [0.1, 0.15) is 11.6 Å². The Morgan fingerprint density at radius 1 is 1.28 bits per heavy atom. The number of hydrogen-bond acceptors (Lipinski definition) is 4. The van der Waals surface area contributed by atoms with Crippen molar-refractivity contribution >= 4 is 41.0 Å². The van der Waals surface area contributed by atoms with Crippen LogP contribution in [0.15, 0.2) is 18.2 Å². The van der Waals surface area contributed by atoms with Gasteiger partial charge in [-0.2, -0.15) is 0 Å². The standard InChI is InChI=1S/C23H30ClN3O5/c1-5-17(28)25-16-7-6-14(10-15(16)24)19(29)26-18(22(2,3)4)20(30)27-12-13-8-9-23(27,11-13)21(31)32/h6-7,10,13,18H,5,8-9,11-12H2,1-4H3,(H,25,28)(H,26,29)(H,31,32)/t13-,18-,23+/m1/s1. The lowest BCUT2D eigenvalue weighted by atomic mass is 9.84. The predicted octanol–water partition coefficient (Wildman–Crippen LogP) is 3.30. The highest BCUT2D eigenvalue weighted by atomic mass is 35.5. The third kappa shape index (κ3) is 4.46. The lowest BCUT2D eigenvalue weighted by Crippen LogP contribution is -2.61. The number of piperidine rings is 1. The predicted molar refractivity (Wildman–Crippen MR) is 121 cm³/mol. The summed E-state index contributed by atoms with van der Waals surface area (Å²) >= 11 is 6.23. The van der Waals surface area contributed by atoms with Crippen molar-refractivity contribution in [3.05, 3.63) is 28.8 Å². The van der Waals surface area contributed by atoms with Gasteiger partial charge in [-0.1, -0.05) is 39.3 Å². The molecule has 3 rings (SSSR count). The van der Waals surface area contributed by atoms with Crippen LogP contribution in [-0.2, 0) is 14.4 Å². The maximum atomic E-state index is 13.5. The first-order chi connectivity index (χ1) is 14.9. The number of rotatable bonds is 6. The van der Waals surface area contributed by atoms with Gasteiger partial charge >= 0.3 is 5.97 Å². The van der Waals surface area contributed by atoms with Crippen LogP contribution in [0, 0.1) is 11.3 Å². The van der Waals surface area contributed by atoms with Crippen LogP contribution in [0.1, 0.15) is 63.7 Å². The van der Waals surface area contributed by atoms with Gasteiger partial charge < -0.3 is 20.6 Å². The number of amides is 3. The van der Waals surface area contributed by atoms with Gasteiger partial charge in [0.25, 0.3) is 5.91 Å². The Labute approximate surface area is 192 Å². The lowest BCUT2D eigenvalue weighted by Gasteiger charge is -2.40. The zero-order valence-electron chi connectivity index (χ0n) is 18.8. The molecule has 2 bridgehead atoms. The molecule has 1 aliphatic heterocycles. The molecule has 3 amide bonds. The summed E-state index contributed by atoms with van der Waals surface area (Å²) in [7, 11) is 0. The lowest BCUT2D eigenvalue weighted by molar-refractivity contribution is -0.159. The molecule has 1 saturated carbocycles. The molecule has 0 unspecified atom stereocenters. The molecule has 2 fully saturated rings. The maximum Gasteiger partial charge on any atom is 0.329 e. The number of nitrogens with one attached hydrogen (secondary N) is 2. The van der Waals surface area contributed by atoms with Crippen LogP contribution >= 0.6 is 11.6 Å². The summed E-state index contributed by atoms with van der Waals surface area (Å²) in [5.41, 5.74) is -1.19. The second-order valence-electron chi connectivity index (χ2n) is 9.76. The number of halogens is 1. The summed E-state index contributed by atoms with van der Waals surface area (Å²) in [5, 5.41) is 15.5. The summed E-state index contributed by atoms with van der Waals surface area (Å²) < 4.78 is 0. The normalized spacial score (nSPS) is 23.0. The van der Waals surface area contributed by atoms with E-state index in [-0.39, 0.29) is 28.3 Å². The second kappa shape index (κ2) is 8.73. The van der Waals surface area contributed by atoms with Gasteiger partial charge in [0.15, 0.2) is 0 Å². The fraction of sp³-hybridized carbons (Fsp3) is 0.565. The van der Waals surface area contributed by atoms with E-state index in [1.165, 1.54) is 23.1 Å². The summed E-state index contributed by atoms with van der Waals surface area (Å²) in [6, 6.07) is 3.58. The molecular formula is C23H30ClN3O5. The largest absolute Gasteiger partial charge is 0.479 e. The first-order valence-corrected chi connectivity index (χ1v) is 11.2. The van der Waals surface area contributed by atoms with E-state index in [1.807, 2.05) is 20.8 Å². The van der Waals surface area contributed by atoms with Crippen molar-refractivity contribution in [3.8, 4) is 0 Å². The summed E-state index contributed by atoms with van der Waals surface area (Å²) in [4.78, 5) is 51.6. The van der Waals surface area contributed by atoms with Gasteiger partial charge in [-0.05, 0) is 48.8 Å². The minimum atomic E-state index is -1.18. The molecular weight excluding hydrogens is 434 g/mol. The Bertz CT molecular complexity index is 957. The molecule has 1 aromatic rings. The third-order valence-corrected chi connectivity index (χ3v) is 6.74. The van der Waals surface area contributed by atoms with E-state index < -0.39 is 28.9 Å². The van der Waals surface area contributed by atoms with Crippen molar-refractivity contribution < 1.29 is 24.3 Å². The number of carboxylic acids is 1. The van der Waals surface area contributed by atoms with Crippen LogP contribution < -0.4 is 10.6 Å². The highest BCUT2D eigenvalue weighted by molar-refractivity contribution is 6.34. The fourth-order valence-corrected chi connectivity index (χ4v) is 4.81. The number of nitrogens with zero attached hydrogens (tertiary/aromatic N) is 1. The average Bonchev–Trinajstić information content (AvgIpc) is 3.32. The van der Waals surface area contributed by atoms with E-state index in [9.17, 15) is 24.3 Å². The van der Waals surface area contributed by atoms with Crippen molar-refractivity contribution in [3.63, 3.8) is 0 Å². The maximum absolute atomic E-state index is 13.5. The molecule has 3 N–H and O–H groups in total. The quantitative estimate of drug-likeness (QED) is 0.598. The first kappa shape index (κ1) is 24.0. The Balaban J connectivity index is 1.82. The van der Waals surface area contributed by atoms with Gasteiger partial charge in [-0.15, -0.1) is 0 Å². The van der Waals surface area contributed by atoms with E-state index in [1.54, 1.807) is 6.92 Å². The number of benzene rings is 1. The van der Waals surface area contributed by atoms with Crippen molar-refractivity contribution in [2.75, 3.05) is 11.9 Å². The Hall–Kier alpha value is -2.61. The van der Waals surface area contributed by atoms with Gasteiger partial charge in [-0.3, -0.25) is 14.4 Å². The molecule has 2 aliphatic rings. The number of carbonyl (C=O) groups is 4. The van der Waals surface area contributed by atoms with Crippen LogP contribution in [0.3, 0.4) is 0 Å². The SMILES string of the molecule is CCC(=O)Nc1ccc(C(=O)N[C@H](C(=O)N2C[C@@H]3CC[C@@]2(C(=O)O)C3)C(C)(C)C)cc1Cl. The van der Waals surface area contributed by atoms with E-state index in [2.05, 4.69) is 10.6 Å². The number of aliphatic carboxylic acids is 1. The zero-order valence-corrected chi connectivity index (χ0v) is 19.6. The highest BCUT2D eigenvalue weighted by Gasteiger charge is 2.59. The van der Waals surface area contributed by atoms with E-state index in [0.29, 0.717) is 31.5 Å². The van der Waals surface area contributed by atoms with Crippen LogP contribution in [0.2, 0.25) is 5.02 Å². The van der Waals surface area contributed by atoms with Crippen LogP contribution in [0.4, 0.5) is 5.69 Å². The molecule has 9 heteroatoms. The first-order valence-electron chi connectivity index (χ1n) is 10.8. The zero-order chi connectivity index (χ0) is 23.8. The number of fused-ring (bicyclic) bond motifs is 2. The van der Waals surface area contributed by atoms with Gasteiger partial charge in [-0.25, -0.2) is 4.79 Å². The van der Waals surface area contributed by atoms with Gasteiger partial charge in [0.05, 0.1) is 10.7 Å². The molecule has 174 valence electrons. The molecule has 3 atom stereocenters. The molecule has 1 aliphatic carbocycles. The minimum Gasteiger partial charge on any atom is -0.479 e. The highest BCUT2D eigenvalue weighted by Crippen LogP contribution is 2.47. The molecule has 1 aromatic carbocycles. The number of anilines is 1. The molecule has 0 spiro atoms. The summed E-state index contributed by atoms with van der Waals surface area (Å²) in [6.45, 7) is 7.59. The van der Waals surface area contributed by atoms with E-state index >= 15 is 0 Å². The molecule has 32 heavy (non-hydrogen) atoms. The summed E-state index contributed by atoms with van der Waals surface area (Å²) in [6.07, 6.45) is 1.98. The third-order valence-electron chi connectivity index (χ3n) is 6.43. The van der Waals surface area contributed by atoms with Crippen LogP contribution in [0.25, 0.3) is 0 Å². The van der Waals surface area contributed by atoms with Gasteiger partial charge in [0, 0.05) is 18.5 Å². The van der Waals surface area contributed by atoms with Gasteiger partial charge in [0.2, 0.25) is 11.8 Å². The molecule has 1 saturated heterocycles. The number of carboxylic acid groups (broad SMARTS) is 1. The van der Waals surface area contributed by atoms with Crippen molar-refractivity contribution in [2.45, 2.75) is 65.0 Å². The smallest absolute Gasteiger partial charge is 0.329 e. The van der Waals surface area contributed by atoms with E-state index in [4.69, 9.17) is 11.6 Å². The Morgan fingerprint density at radius 3 is 2.50 bits per heavy atom. The Kier molecular flexibility index (Phi) is 6.56. The second-order valence-corrected chi connectivity index (χ2v) is 10.2. The number of carbonyl (C=O) groups excluding carboxylic acids is 3. The average molecular weight is 464 g/mol. The fourth-order valence-electron chi connectivity index (χ4n) is 4.58. The van der Waals surface area contributed by atoms with Crippen LogP contribution in [0.5, 0.6) is 0 Å². The molecule has 1 heterocycles. The Morgan fingerprint density at radius 2 is 1.97 bits per heavy atom. The van der Waals surface area contributed by atoms with Crippen molar-refractivity contribution in [1.29, 1.82) is 0 Å². The van der Waals surface area contributed by atoms with E-state index in [0.717, 1.165) is 6.42 Å². The van der Waals surface area contributed by atoms with Crippen molar-refractivity contribution in [1.82, 2.24) is 10.2 Å². The van der Waals surface area contributed by atoms with Crippen LogP contribution in [-0.4, -0.2) is 51.8 Å². The number of likely N-dealkylation sites (tertiary alicyclic amines) is 1. The number of hydrogen-bond donors (Lipinski definition) is 3. The summed E-state index contributed by atoms with van der Waals surface area (Å²) in [5.74, 6) is -1.89.